The van der Waals surface area contributed by atoms with Crippen molar-refractivity contribution in [2.24, 2.45) is 5.92 Å². The van der Waals surface area contributed by atoms with Gasteiger partial charge in [-0.2, -0.15) is 0 Å². The first-order valence-electron chi connectivity index (χ1n) is 8.40. The molecule has 0 aliphatic rings. The lowest BCUT2D eigenvalue weighted by Gasteiger charge is -2.13. The zero-order chi connectivity index (χ0) is 17.2. The number of carbonyl (C=O) groups excluding carboxylic acids is 2. The Bertz CT molecular complexity index is 527. The van der Waals surface area contributed by atoms with Gasteiger partial charge in [0.25, 0.3) is 0 Å². The predicted molar refractivity (Wildman–Crippen MR) is 95.8 cm³/mol. The Morgan fingerprint density at radius 3 is 2.48 bits per heavy atom. The molecule has 0 spiro atoms. The van der Waals surface area contributed by atoms with E-state index in [2.05, 4.69) is 22.9 Å². The first kappa shape index (κ1) is 19.0. The largest absolute Gasteiger partial charge is 0.338 e. The summed E-state index contributed by atoms with van der Waals surface area (Å²) < 4.78 is 0. The number of carbonyl (C=O) groups is 2. The number of benzene rings is 1. The summed E-state index contributed by atoms with van der Waals surface area (Å²) in [6.07, 6.45) is 4.50. The van der Waals surface area contributed by atoms with Crippen LogP contribution in [0.15, 0.2) is 18.2 Å². The quantitative estimate of drug-likeness (QED) is 0.625. The topological polar surface area (TPSA) is 70.2 Å². The van der Waals surface area contributed by atoms with Gasteiger partial charge in [-0.05, 0) is 31.0 Å². The van der Waals surface area contributed by atoms with Crippen LogP contribution in [0.1, 0.15) is 52.0 Å². The highest BCUT2D eigenvalue weighted by atomic mass is 16.2. The monoisotopic (exact) mass is 319 g/mol. The van der Waals surface area contributed by atoms with Gasteiger partial charge in [-0.1, -0.05) is 46.1 Å². The second-order valence-corrected chi connectivity index (χ2v) is 6.12. The summed E-state index contributed by atoms with van der Waals surface area (Å²) in [5, 5.41) is 8.54. The van der Waals surface area contributed by atoms with E-state index in [1.54, 1.807) is 6.07 Å². The van der Waals surface area contributed by atoms with E-state index in [9.17, 15) is 9.59 Å². The Balaban J connectivity index is 2.55. The highest BCUT2D eigenvalue weighted by Crippen LogP contribution is 2.20. The molecule has 0 radical (unpaired) electrons. The fourth-order valence-corrected chi connectivity index (χ4v) is 2.04. The van der Waals surface area contributed by atoms with Crippen LogP contribution < -0.4 is 16.0 Å². The van der Waals surface area contributed by atoms with Gasteiger partial charge in [0.05, 0.1) is 0 Å². The molecule has 0 aromatic heterocycles. The van der Waals surface area contributed by atoms with E-state index in [1.165, 1.54) is 12.8 Å². The molecule has 1 aromatic carbocycles. The minimum absolute atomic E-state index is 0.0415. The van der Waals surface area contributed by atoms with Crippen molar-refractivity contribution in [3.05, 3.63) is 23.8 Å². The fourth-order valence-electron chi connectivity index (χ4n) is 2.04. The predicted octanol–water partition coefficient (Wildman–Crippen LogP) is 4.29. The number of nitrogens with one attached hydrogen (secondary N) is 3. The number of anilines is 2. The number of unbranched alkanes of at least 4 members (excludes halogenated alkanes) is 3. The molecule has 3 amide bonds. The van der Waals surface area contributed by atoms with Crippen LogP contribution in [0.3, 0.4) is 0 Å². The molecular weight excluding hydrogens is 290 g/mol. The summed E-state index contributed by atoms with van der Waals surface area (Å²) in [4.78, 5) is 23.7. The van der Waals surface area contributed by atoms with Crippen molar-refractivity contribution in [2.45, 2.75) is 53.4 Å². The molecule has 0 atom stereocenters. The van der Waals surface area contributed by atoms with Crippen LogP contribution in [-0.2, 0) is 4.79 Å². The van der Waals surface area contributed by atoms with Crippen molar-refractivity contribution < 1.29 is 9.59 Å². The molecular formula is C18H29N3O2. The van der Waals surface area contributed by atoms with Crippen molar-refractivity contribution in [1.82, 2.24) is 5.32 Å². The van der Waals surface area contributed by atoms with Crippen molar-refractivity contribution >= 4 is 23.3 Å². The number of hydrogen-bond acceptors (Lipinski definition) is 2. The van der Waals surface area contributed by atoms with Gasteiger partial charge in [-0.3, -0.25) is 4.79 Å². The molecule has 0 bridgehead atoms. The van der Waals surface area contributed by atoms with Crippen LogP contribution in [0.4, 0.5) is 16.2 Å². The van der Waals surface area contributed by atoms with Crippen molar-refractivity contribution in [3.8, 4) is 0 Å². The van der Waals surface area contributed by atoms with Gasteiger partial charge in [-0.15, -0.1) is 0 Å². The second kappa shape index (κ2) is 9.87. The molecule has 128 valence electrons. The van der Waals surface area contributed by atoms with Gasteiger partial charge in [0.1, 0.15) is 0 Å². The SMILES string of the molecule is CCCCCCNC(=O)Nc1cc(NC(=O)C(C)C)ccc1C. The Hall–Kier alpha value is -2.04. The summed E-state index contributed by atoms with van der Waals surface area (Å²) >= 11 is 0. The van der Waals surface area contributed by atoms with Gasteiger partial charge in [0.2, 0.25) is 5.91 Å². The van der Waals surface area contributed by atoms with Crippen LogP contribution in [-0.4, -0.2) is 18.5 Å². The molecule has 0 aliphatic carbocycles. The third kappa shape index (κ3) is 7.17. The van der Waals surface area contributed by atoms with Crippen molar-refractivity contribution in [2.75, 3.05) is 17.2 Å². The van der Waals surface area contributed by atoms with Crippen LogP contribution >= 0.6 is 0 Å². The highest BCUT2D eigenvalue weighted by Gasteiger charge is 2.09. The van der Waals surface area contributed by atoms with Gasteiger partial charge < -0.3 is 16.0 Å². The molecule has 5 nitrogen and oxygen atoms in total. The summed E-state index contributed by atoms with van der Waals surface area (Å²) in [7, 11) is 0. The zero-order valence-electron chi connectivity index (χ0n) is 14.7. The maximum atomic E-state index is 11.9. The summed E-state index contributed by atoms with van der Waals surface area (Å²) in [5.74, 6) is -0.126. The van der Waals surface area contributed by atoms with E-state index in [4.69, 9.17) is 0 Å². The smallest absolute Gasteiger partial charge is 0.319 e. The summed E-state index contributed by atoms with van der Waals surface area (Å²) in [5.41, 5.74) is 2.35. The zero-order valence-corrected chi connectivity index (χ0v) is 14.7. The van der Waals surface area contributed by atoms with Crippen LogP contribution in [0.5, 0.6) is 0 Å². The van der Waals surface area contributed by atoms with Crippen molar-refractivity contribution in [3.63, 3.8) is 0 Å². The lowest BCUT2D eigenvalue weighted by molar-refractivity contribution is -0.118. The third-order valence-corrected chi connectivity index (χ3v) is 3.59. The molecule has 1 aromatic rings. The minimum atomic E-state index is -0.211. The Labute approximate surface area is 139 Å². The Kier molecular flexibility index (Phi) is 8.16. The molecule has 0 heterocycles. The summed E-state index contributed by atoms with van der Waals surface area (Å²) in [6, 6.07) is 5.29. The van der Waals surface area contributed by atoms with Gasteiger partial charge in [-0.25, -0.2) is 4.79 Å². The average Bonchev–Trinajstić information content (AvgIpc) is 2.50. The second-order valence-electron chi connectivity index (χ2n) is 6.12. The average molecular weight is 319 g/mol. The van der Waals surface area contributed by atoms with Gasteiger partial charge in [0, 0.05) is 23.8 Å². The number of amides is 3. The van der Waals surface area contributed by atoms with Crippen molar-refractivity contribution in [1.29, 1.82) is 0 Å². The van der Waals surface area contributed by atoms with E-state index in [0.717, 1.165) is 18.4 Å². The first-order chi connectivity index (χ1) is 10.9. The van der Waals surface area contributed by atoms with Gasteiger partial charge >= 0.3 is 6.03 Å². The maximum absolute atomic E-state index is 11.9. The number of urea groups is 1. The minimum Gasteiger partial charge on any atom is -0.338 e. The molecule has 0 unspecified atom stereocenters. The number of hydrogen-bond donors (Lipinski definition) is 3. The molecule has 0 saturated carbocycles. The molecule has 0 fully saturated rings. The fraction of sp³-hybridized carbons (Fsp3) is 0.556. The number of aryl methyl sites for hydroxylation is 1. The van der Waals surface area contributed by atoms with E-state index in [1.807, 2.05) is 32.9 Å². The number of rotatable bonds is 8. The molecule has 0 saturated heterocycles. The standard InChI is InChI=1S/C18H29N3O2/c1-5-6-7-8-11-19-18(23)21-16-12-15(10-9-14(16)4)20-17(22)13(2)3/h9-10,12-13H,5-8,11H2,1-4H3,(H,20,22)(H2,19,21,23). The van der Waals surface area contributed by atoms with Gasteiger partial charge in [0.15, 0.2) is 0 Å². The molecule has 5 heteroatoms. The highest BCUT2D eigenvalue weighted by molar-refractivity contribution is 5.94. The Morgan fingerprint density at radius 1 is 1.09 bits per heavy atom. The molecule has 23 heavy (non-hydrogen) atoms. The lowest BCUT2D eigenvalue weighted by atomic mass is 10.1. The normalized spacial score (nSPS) is 10.5. The first-order valence-corrected chi connectivity index (χ1v) is 8.40. The molecule has 1 rings (SSSR count). The maximum Gasteiger partial charge on any atom is 0.319 e. The van der Waals surface area contributed by atoms with E-state index >= 15 is 0 Å². The third-order valence-electron chi connectivity index (χ3n) is 3.59. The molecule has 0 aliphatic heterocycles. The van der Waals surface area contributed by atoms with Crippen LogP contribution in [0.25, 0.3) is 0 Å². The lowest BCUT2D eigenvalue weighted by Crippen LogP contribution is -2.29. The van der Waals surface area contributed by atoms with E-state index in [-0.39, 0.29) is 17.9 Å². The van der Waals surface area contributed by atoms with E-state index < -0.39 is 0 Å². The van der Waals surface area contributed by atoms with Crippen LogP contribution in [0, 0.1) is 12.8 Å². The van der Waals surface area contributed by atoms with E-state index in [0.29, 0.717) is 17.9 Å². The van der Waals surface area contributed by atoms with Crippen LogP contribution in [0.2, 0.25) is 0 Å². The summed E-state index contributed by atoms with van der Waals surface area (Å²) in [6.45, 7) is 8.44. The molecule has 3 N–H and O–H groups in total. The Morgan fingerprint density at radius 2 is 1.83 bits per heavy atom.